The summed E-state index contributed by atoms with van der Waals surface area (Å²) in [6.45, 7) is 0.463. The Bertz CT molecular complexity index is 609. The van der Waals surface area contributed by atoms with E-state index >= 15 is 0 Å². The molecule has 0 spiro atoms. The third-order valence-electron chi connectivity index (χ3n) is 2.73. The zero-order chi connectivity index (χ0) is 14.5. The molecule has 7 heteroatoms. The molecule has 0 unspecified atom stereocenters. The van der Waals surface area contributed by atoms with Crippen molar-refractivity contribution in [1.29, 1.82) is 0 Å². The van der Waals surface area contributed by atoms with Crippen molar-refractivity contribution >= 4 is 5.97 Å². The molecule has 0 saturated carbocycles. The average molecular weight is 277 g/mol. The van der Waals surface area contributed by atoms with E-state index in [1.807, 2.05) is 18.2 Å². The molecular weight excluding hydrogens is 262 g/mol. The Balaban J connectivity index is 2.17. The summed E-state index contributed by atoms with van der Waals surface area (Å²) in [5.41, 5.74) is 1.12. The molecule has 1 aromatic carbocycles. The highest BCUT2D eigenvalue weighted by molar-refractivity contribution is 5.86. The van der Waals surface area contributed by atoms with Gasteiger partial charge in [-0.1, -0.05) is 11.3 Å². The van der Waals surface area contributed by atoms with Crippen LogP contribution in [0.1, 0.15) is 16.1 Å². The SMILES string of the molecule is COC(=O)c1cn(Cc2ccc(OC)c(OC)c2)nn1. The summed E-state index contributed by atoms with van der Waals surface area (Å²) in [6.07, 6.45) is 1.53. The molecule has 20 heavy (non-hydrogen) atoms. The molecular formula is C13H15N3O4. The first kappa shape index (κ1) is 13.9. The van der Waals surface area contributed by atoms with Crippen molar-refractivity contribution in [3.8, 4) is 11.5 Å². The second-order valence-electron chi connectivity index (χ2n) is 3.98. The highest BCUT2D eigenvalue weighted by Crippen LogP contribution is 2.27. The summed E-state index contributed by atoms with van der Waals surface area (Å²) in [6, 6.07) is 5.55. The Kier molecular flexibility index (Phi) is 4.19. The lowest BCUT2D eigenvalue weighted by Crippen LogP contribution is -2.02. The summed E-state index contributed by atoms with van der Waals surface area (Å²) in [4.78, 5) is 11.3. The molecule has 0 amide bonds. The smallest absolute Gasteiger partial charge is 0.360 e. The summed E-state index contributed by atoms with van der Waals surface area (Å²) in [7, 11) is 4.46. The summed E-state index contributed by atoms with van der Waals surface area (Å²) in [5, 5.41) is 7.61. The number of aromatic nitrogens is 3. The van der Waals surface area contributed by atoms with E-state index in [2.05, 4.69) is 15.0 Å². The van der Waals surface area contributed by atoms with Crippen LogP contribution in [0.25, 0.3) is 0 Å². The summed E-state index contributed by atoms with van der Waals surface area (Å²) >= 11 is 0. The molecule has 0 radical (unpaired) electrons. The van der Waals surface area contributed by atoms with E-state index in [1.54, 1.807) is 18.9 Å². The fourth-order valence-electron chi connectivity index (χ4n) is 1.74. The van der Waals surface area contributed by atoms with Gasteiger partial charge in [0.05, 0.1) is 34.1 Å². The molecule has 0 aliphatic carbocycles. The Morgan fingerprint density at radius 1 is 1.20 bits per heavy atom. The fraction of sp³-hybridized carbons (Fsp3) is 0.308. The molecule has 0 fully saturated rings. The van der Waals surface area contributed by atoms with Crippen LogP contribution in [-0.2, 0) is 11.3 Å². The monoisotopic (exact) mass is 277 g/mol. The van der Waals surface area contributed by atoms with Gasteiger partial charge in [0.15, 0.2) is 17.2 Å². The molecule has 1 heterocycles. The van der Waals surface area contributed by atoms with Gasteiger partial charge in [0, 0.05) is 0 Å². The van der Waals surface area contributed by atoms with Crippen molar-refractivity contribution in [1.82, 2.24) is 15.0 Å². The van der Waals surface area contributed by atoms with Crippen molar-refractivity contribution < 1.29 is 19.0 Å². The number of carbonyl (C=O) groups is 1. The molecule has 2 aromatic rings. The zero-order valence-electron chi connectivity index (χ0n) is 11.5. The highest BCUT2D eigenvalue weighted by Gasteiger charge is 2.11. The molecule has 2 rings (SSSR count). The maximum Gasteiger partial charge on any atom is 0.360 e. The number of nitrogens with zero attached hydrogens (tertiary/aromatic N) is 3. The van der Waals surface area contributed by atoms with Gasteiger partial charge >= 0.3 is 5.97 Å². The van der Waals surface area contributed by atoms with Gasteiger partial charge in [0.25, 0.3) is 0 Å². The molecule has 1 aromatic heterocycles. The van der Waals surface area contributed by atoms with Crippen molar-refractivity contribution in [2.45, 2.75) is 6.54 Å². The highest BCUT2D eigenvalue weighted by atomic mass is 16.5. The lowest BCUT2D eigenvalue weighted by molar-refractivity contribution is 0.0594. The molecule has 0 saturated heterocycles. The maximum atomic E-state index is 11.3. The van der Waals surface area contributed by atoms with Gasteiger partial charge in [-0.05, 0) is 17.7 Å². The molecule has 0 bridgehead atoms. The third-order valence-corrected chi connectivity index (χ3v) is 2.73. The van der Waals surface area contributed by atoms with Crippen LogP contribution < -0.4 is 9.47 Å². The average Bonchev–Trinajstić information content (AvgIpc) is 2.94. The first-order valence-corrected chi connectivity index (χ1v) is 5.87. The summed E-state index contributed by atoms with van der Waals surface area (Å²) in [5.74, 6) is 0.784. The van der Waals surface area contributed by atoms with E-state index in [1.165, 1.54) is 13.3 Å². The zero-order valence-corrected chi connectivity index (χ0v) is 11.5. The van der Waals surface area contributed by atoms with Crippen LogP contribution >= 0.6 is 0 Å². The predicted molar refractivity (Wildman–Crippen MR) is 70.0 cm³/mol. The minimum atomic E-state index is -0.511. The van der Waals surface area contributed by atoms with E-state index < -0.39 is 5.97 Å². The first-order valence-electron chi connectivity index (χ1n) is 5.87. The van der Waals surface area contributed by atoms with Crippen molar-refractivity contribution in [3.63, 3.8) is 0 Å². The van der Waals surface area contributed by atoms with Crippen LogP contribution in [0.3, 0.4) is 0 Å². The van der Waals surface area contributed by atoms with Crippen molar-refractivity contribution in [2.75, 3.05) is 21.3 Å². The van der Waals surface area contributed by atoms with Crippen LogP contribution in [-0.4, -0.2) is 42.3 Å². The maximum absolute atomic E-state index is 11.3. The van der Waals surface area contributed by atoms with Crippen LogP contribution in [0.15, 0.2) is 24.4 Å². The number of hydrogen-bond donors (Lipinski definition) is 0. The van der Waals surface area contributed by atoms with Crippen LogP contribution in [0.2, 0.25) is 0 Å². The number of methoxy groups -OCH3 is 3. The fourth-order valence-corrected chi connectivity index (χ4v) is 1.74. The lowest BCUT2D eigenvalue weighted by atomic mass is 10.2. The van der Waals surface area contributed by atoms with E-state index in [4.69, 9.17) is 9.47 Å². The number of rotatable bonds is 5. The quantitative estimate of drug-likeness (QED) is 0.763. The van der Waals surface area contributed by atoms with Crippen LogP contribution in [0, 0.1) is 0 Å². The molecule has 0 aliphatic rings. The number of hydrogen-bond acceptors (Lipinski definition) is 6. The Morgan fingerprint density at radius 3 is 2.60 bits per heavy atom. The van der Waals surface area contributed by atoms with Crippen LogP contribution in [0.4, 0.5) is 0 Å². The van der Waals surface area contributed by atoms with Gasteiger partial charge in [-0.2, -0.15) is 0 Å². The standard InChI is InChI=1S/C13H15N3O4/c1-18-11-5-4-9(6-12(11)19-2)7-16-8-10(14-15-16)13(17)20-3/h4-6,8H,7H2,1-3H3. The lowest BCUT2D eigenvalue weighted by Gasteiger charge is -2.09. The van der Waals surface area contributed by atoms with Gasteiger partial charge < -0.3 is 14.2 Å². The minimum Gasteiger partial charge on any atom is -0.493 e. The number of carbonyl (C=O) groups excluding carboxylic acids is 1. The molecule has 0 atom stereocenters. The number of benzene rings is 1. The number of ether oxygens (including phenoxy) is 3. The predicted octanol–water partition coefficient (Wildman–Crippen LogP) is 1.13. The van der Waals surface area contributed by atoms with Gasteiger partial charge in [-0.3, -0.25) is 0 Å². The second kappa shape index (κ2) is 6.05. The summed E-state index contributed by atoms with van der Waals surface area (Å²) < 4.78 is 16.5. The van der Waals surface area contributed by atoms with Gasteiger partial charge in [0.1, 0.15) is 0 Å². The first-order chi connectivity index (χ1) is 9.67. The molecule has 106 valence electrons. The van der Waals surface area contributed by atoms with E-state index in [0.717, 1.165) is 5.56 Å². The van der Waals surface area contributed by atoms with E-state index in [0.29, 0.717) is 18.0 Å². The van der Waals surface area contributed by atoms with Crippen molar-refractivity contribution in [2.24, 2.45) is 0 Å². The number of esters is 1. The normalized spacial score (nSPS) is 10.2. The molecule has 7 nitrogen and oxygen atoms in total. The minimum absolute atomic E-state index is 0.174. The van der Waals surface area contributed by atoms with Gasteiger partial charge in [0.2, 0.25) is 0 Å². The van der Waals surface area contributed by atoms with Gasteiger partial charge in [-0.25, -0.2) is 9.48 Å². The van der Waals surface area contributed by atoms with E-state index in [-0.39, 0.29) is 5.69 Å². The Hall–Kier alpha value is -2.57. The van der Waals surface area contributed by atoms with Crippen molar-refractivity contribution in [3.05, 3.63) is 35.7 Å². The molecule has 0 N–H and O–H groups in total. The van der Waals surface area contributed by atoms with Gasteiger partial charge in [-0.15, -0.1) is 5.10 Å². The Morgan fingerprint density at radius 2 is 1.95 bits per heavy atom. The van der Waals surface area contributed by atoms with Crippen LogP contribution in [0.5, 0.6) is 11.5 Å². The van der Waals surface area contributed by atoms with E-state index in [9.17, 15) is 4.79 Å². The molecule has 0 aliphatic heterocycles. The topological polar surface area (TPSA) is 75.5 Å². The third kappa shape index (κ3) is 2.87. The largest absolute Gasteiger partial charge is 0.493 e. The Labute approximate surface area is 116 Å². The second-order valence-corrected chi connectivity index (χ2v) is 3.98.